The molecule has 0 spiro atoms. The highest BCUT2D eigenvalue weighted by Gasteiger charge is 2.11. The molecule has 3 aromatic carbocycles. The number of carbonyl (C=O) groups excluding carboxylic acids is 1. The molecule has 0 saturated heterocycles. The SMILES string of the molecule is COc1cc2ncnc(Nc3ccc(NC(=O)CCCc4ccccc4)cc3)c2cc1OC. The number of amides is 1. The first kappa shape index (κ1) is 22.1. The normalized spacial score (nSPS) is 10.6. The van der Waals surface area contributed by atoms with Crippen molar-refractivity contribution in [3.63, 3.8) is 0 Å². The van der Waals surface area contributed by atoms with Crippen LogP contribution in [0.4, 0.5) is 17.2 Å². The summed E-state index contributed by atoms with van der Waals surface area (Å²) in [6, 6.07) is 21.4. The third-order valence-corrected chi connectivity index (χ3v) is 5.28. The van der Waals surface area contributed by atoms with E-state index in [1.54, 1.807) is 14.2 Å². The minimum Gasteiger partial charge on any atom is -0.493 e. The number of methoxy groups -OCH3 is 2. The summed E-state index contributed by atoms with van der Waals surface area (Å²) in [6.07, 6.45) is 3.68. The summed E-state index contributed by atoms with van der Waals surface area (Å²) in [6.45, 7) is 0. The molecule has 4 rings (SSSR count). The zero-order valence-corrected chi connectivity index (χ0v) is 18.7. The highest BCUT2D eigenvalue weighted by atomic mass is 16.5. The van der Waals surface area contributed by atoms with E-state index in [9.17, 15) is 4.79 Å². The maximum Gasteiger partial charge on any atom is 0.224 e. The van der Waals surface area contributed by atoms with Gasteiger partial charge in [0.25, 0.3) is 0 Å². The quantitative estimate of drug-likeness (QED) is 0.363. The summed E-state index contributed by atoms with van der Waals surface area (Å²) < 4.78 is 10.8. The van der Waals surface area contributed by atoms with Gasteiger partial charge in [0.1, 0.15) is 12.1 Å². The number of aromatic nitrogens is 2. The van der Waals surface area contributed by atoms with Crippen LogP contribution in [0.2, 0.25) is 0 Å². The van der Waals surface area contributed by atoms with Gasteiger partial charge in [-0.15, -0.1) is 0 Å². The highest BCUT2D eigenvalue weighted by molar-refractivity contribution is 5.93. The molecule has 1 heterocycles. The third kappa shape index (κ3) is 5.57. The molecular formula is C26H26N4O3. The summed E-state index contributed by atoms with van der Waals surface area (Å²) in [5, 5.41) is 7.07. The lowest BCUT2D eigenvalue weighted by Crippen LogP contribution is -2.11. The Morgan fingerprint density at radius 3 is 2.30 bits per heavy atom. The molecule has 1 aromatic heterocycles. The van der Waals surface area contributed by atoms with E-state index >= 15 is 0 Å². The molecule has 0 aliphatic carbocycles. The van der Waals surface area contributed by atoms with Crippen LogP contribution in [0.15, 0.2) is 73.1 Å². The minimum absolute atomic E-state index is 0.00878. The fourth-order valence-electron chi connectivity index (χ4n) is 3.58. The van der Waals surface area contributed by atoms with E-state index in [2.05, 4.69) is 32.7 Å². The van der Waals surface area contributed by atoms with Gasteiger partial charge < -0.3 is 20.1 Å². The Bertz CT molecular complexity index is 1230. The van der Waals surface area contributed by atoms with Gasteiger partial charge in [-0.25, -0.2) is 9.97 Å². The summed E-state index contributed by atoms with van der Waals surface area (Å²) >= 11 is 0. The molecule has 7 nitrogen and oxygen atoms in total. The molecule has 0 atom stereocenters. The molecule has 0 radical (unpaired) electrons. The standard InChI is InChI=1S/C26H26N4O3/c1-32-23-15-21-22(16-24(23)33-2)27-17-28-26(21)30-20-13-11-19(12-14-20)29-25(31)10-6-9-18-7-4-3-5-8-18/h3-5,7-8,11-17H,6,9-10H2,1-2H3,(H,29,31)(H,27,28,30). The molecule has 0 bridgehead atoms. The molecule has 2 N–H and O–H groups in total. The zero-order valence-electron chi connectivity index (χ0n) is 18.7. The molecule has 0 saturated carbocycles. The Kier molecular flexibility index (Phi) is 6.99. The summed E-state index contributed by atoms with van der Waals surface area (Å²) in [7, 11) is 3.18. The molecular weight excluding hydrogens is 416 g/mol. The molecule has 33 heavy (non-hydrogen) atoms. The number of nitrogens with one attached hydrogen (secondary N) is 2. The lowest BCUT2D eigenvalue weighted by molar-refractivity contribution is -0.116. The lowest BCUT2D eigenvalue weighted by atomic mass is 10.1. The van der Waals surface area contributed by atoms with Gasteiger partial charge in [-0.1, -0.05) is 30.3 Å². The molecule has 4 aromatic rings. The van der Waals surface area contributed by atoms with E-state index in [0.717, 1.165) is 35.1 Å². The summed E-state index contributed by atoms with van der Waals surface area (Å²) in [5.41, 5.74) is 3.58. The maximum atomic E-state index is 12.3. The second-order valence-electron chi connectivity index (χ2n) is 7.54. The molecule has 0 aliphatic heterocycles. The highest BCUT2D eigenvalue weighted by Crippen LogP contribution is 2.34. The second-order valence-corrected chi connectivity index (χ2v) is 7.54. The van der Waals surface area contributed by atoms with E-state index < -0.39 is 0 Å². The Hall–Kier alpha value is -4.13. The van der Waals surface area contributed by atoms with Crippen molar-refractivity contribution in [2.75, 3.05) is 24.9 Å². The first-order valence-corrected chi connectivity index (χ1v) is 10.7. The van der Waals surface area contributed by atoms with Crippen LogP contribution >= 0.6 is 0 Å². The number of anilines is 3. The van der Waals surface area contributed by atoms with E-state index in [1.807, 2.05) is 54.6 Å². The average molecular weight is 443 g/mol. The van der Waals surface area contributed by atoms with Crippen molar-refractivity contribution in [2.45, 2.75) is 19.3 Å². The summed E-state index contributed by atoms with van der Waals surface area (Å²) in [5.74, 6) is 1.87. The van der Waals surface area contributed by atoms with Crippen molar-refractivity contribution in [3.05, 3.63) is 78.6 Å². The molecule has 168 valence electrons. The number of ether oxygens (including phenoxy) is 2. The third-order valence-electron chi connectivity index (χ3n) is 5.28. The van der Waals surface area contributed by atoms with E-state index in [4.69, 9.17) is 9.47 Å². The largest absolute Gasteiger partial charge is 0.493 e. The topological polar surface area (TPSA) is 85.4 Å². The molecule has 0 aliphatic rings. The fourth-order valence-corrected chi connectivity index (χ4v) is 3.58. The predicted octanol–water partition coefficient (Wildman–Crippen LogP) is 5.35. The van der Waals surface area contributed by atoms with Gasteiger partial charge in [0.05, 0.1) is 19.7 Å². The van der Waals surface area contributed by atoms with E-state index in [0.29, 0.717) is 23.7 Å². The van der Waals surface area contributed by atoms with Crippen LogP contribution in [0.1, 0.15) is 18.4 Å². The van der Waals surface area contributed by atoms with Gasteiger partial charge >= 0.3 is 0 Å². The predicted molar refractivity (Wildman–Crippen MR) is 130 cm³/mol. The van der Waals surface area contributed by atoms with Crippen molar-refractivity contribution in [2.24, 2.45) is 0 Å². The van der Waals surface area contributed by atoms with Gasteiger partial charge in [-0.3, -0.25) is 4.79 Å². The minimum atomic E-state index is 0.00878. The van der Waals surface area contributed by atoms with Crippen LogP contribution in [0.25, 0.3) is 10.9 Å². The first-order chi connectivity index (χ1) is 16.2. The molecule has 0 unspecified atom stereocenters. The van der Waals surface area contributed by atoms with Crippen LogP contribution in [0, 0.1) is 0 Å². The van der Waals surface area contributed by atoms with Crippen molar-refractivity contribution in [3.8, 4) is 11.5 Å². The Balaban J connectivity index is 1.38. The number of carbonyl (C=O) groups is 1. The van der Waals surface area contributed by atoms with Crippen molar-refractivity contribution < 1.29 is 14.3 Å². The van der Waals surface area contributed by atoms with Crippen molar-refractivity contribution in [1.82, 2.24) is 9.97 Å². The van der Waals surface area contributed by atoms with Crippen LogP contribution in [0.3, 0.4) is 0 Å². The Morgan fingerprint density at radius 1 is 0.879 bits per heavy atom. The molecule has 1 amide bonds. The number of hydrogen-bond donors (Lipinski definition) is 2. The summed E-state index contributed by atoms with van der Waals surface area (Å²) in [4.78, 5) is 21.0. The lowest BCUT2D eigenvalue weighted by Gasteiger charge is -2.12. The first-order valence-electron chi connectivity index (χ1n) is 10.7. The molecule has 0 fully saturated rings. The number of hydrogen-bond acceptors (Lipinski definition) is 6. The molecule has 7 heteroatoms. The van der Waals surface area contributed by atoms with Crippen molar-refractivity contribution >= 4 is 34.0 Å². The fraction of sp³-hybridized carbons (Fsp3) is 0.192. The van der Waals surface area contributed by atoms with Crippen LogP contribution in [0.5, 0.6) is 11.5 Å². The van der Waals surface area contributed by atoms with Crippen LogP contribution in [-0.4, -0.2) is 30.1 Å². The van der Waals surface area contributed by atoms with Crippen LogP contribution < -0.4 is 20.1 Å². The second kappa shape index (κ2) is 10.5. The number of benzene rings is 3. The number of rotatable bonds is 9. The van der Waals surface area contributed by atoms with Crippen molar-refractivity contribution in [1.29, 1.82) is 0 Å². The van der Waals surface area contributed by atoms with Gasteiger partial charge in [0.15, 0.2) is 11.5 Å². The Morgan fingerprint density at radius 2 is 1.58 bits per heavy atom. The zero-order chi connectivity index (χ0) is 23.0. The average Bonchev–Trinajstić information content (AvgIpc) is 2.85. The van der Waals surface area contributed by atoms with E-state index in [-0.39, 0.29) is 5.91 Å². The number of nitrogens with zero attached hydrogens (tertiary/aromatic N) is 2. The van der Waals surface area contributed by atoms with E-state index in [1.165, 1.54) is 11.9 Å². The van der Waals surface area contributed by atoms with Gasteiger partial charge in [0.2, 0.25) is 5.91 Å². The monoisotopic (exact) mass is 442 g/mol. The van der Waals surface area contributed by atoms with Gasteiger partial charge in [0, 0.05) is 29.2 Å². The van der Waals surface area contributed by atoms with Gasteiger partial charge in [-0.2, -0.15) is 0 Å². The number of aryl methyl sites for hydroxylation is 1. The van der Waals surface area contributed by atoms with Crippen LogP contribution in [-0.2, 0) is 11.2 Å². The van der Waals surface area contributed by atoms with Gasteiger partial charge in [-0.05, 0) is 48.7 Å². The number of fused-ring (bicyclic) bond motifs is 1. The maximum absolute atomic E-state index is 12.3. The Labute approximate surface area is 192 Å². The smallest absolute Gasteiger partial charge is 0.224 e.